The fourth-order valence-corrected chi connectivity index (χ4v) is 2.40. The maximum absolute atomic E-state index is 11.6. The van der Waals surface area contributed by atoms with Crippen LogP contribution in [-0.2, 0) is 6.54 Å². The summed E-state index contributed by atoms with van der Waals surface area (Å²) in [5.74, 6) is -0.942. The lowest BCUT2D eigenvalue weighted by Crippen LogP contribution is -2.25. The van der Waals surface area contributed by atoms with Crippen LogP contribution < -0.4 is 4.90 Å². The predicted molar refractivity (Wildman–Crippen MR) is 81.6 cm³/mol. The van der Waals surface area contributed by atoms with E-state index in [9.17, 15) is 9.90 Å². The van der Waals surface area contributed by atoms with Gasteiger partial charge in [-0.05, 0) is 44.5 Å². The molecule has 5 nitrogen and oxygen atoms in total. The molecule has 0 bridgehead atoms. The molecule has 0 radical (unpaired) electrons. The number of carboxylic acid groups (broad SMARTS) is 1. The van der Waals surface area contributed by atoms with Crippen molar-refractivity contribution in [3.63, 3.8) is 0 Å². The number of pyridine rings is 2. The molecule has 0 amide bonds. The van der Waals surface area contributed by atoms with Gasteiger partial charge in [0.05, 0.1) is 11.4 Å². The summed E-state index contributed by atoms with van der Waals surface area (Å²) in [6.45, 7) is 6.98. The van der Waals surface area contributed by atoms with Crippen LogP contribution in [-0.4, -0.2) is 27.6 Å². The first-order chi connectivity index (χ1) is 10.0. The lowest BCUT2D eigenvalue weighted by Gasteiger charge is -2.25. The Morgan fingerprint density at radius 3 is 2.52 bits per heavy atom. The van der Waals surface area contributed by atoms with Gasteiger partial charge in [-0.25, -0.2) is 4.79 Å². The zero-order valence-corrected chi connectivity index (χ0v) is 12.5. The molecule has 0 aromatic carbocycles. The topological polar surface area (TPSA) is 66.3 Å². The van der Waals surface area contributed by atoms with Crippen molar-refractivity contribution in [2.75, 3.05) is 11.4 Å². The van der Waals surface area contributed by atoms with Crippen molar-refractivity contribution in [1.82, 2.24) is 9.97 Å². The fourth-order valence-electron chi connectivity index (χ4n) is 2.40. The number of hydrogen-bond donors (Lipinski definition) is 1. The molecule has 0 spiro atoms. The maximum Gasteiger partial charge on any atom is 0.339 e. The van der Waals surface area contributed by atoms with Gasteiger partial charge < -0.3 is 10.0 Å². The number of rotatable bonds is 5. The van der Waals surface area contributed by atoms with E-state index in [2.05, 4.69) is 9.97 Å². The molecule has 2 rings (SSSR count). The molecular formula is C16H19N3O2. The Hall–Kier alpha value is -2.43. The molecule has 2 heterocycles. The normalized spacial score (nSPS) is 10.4. The minimum absolute atomic E-state index is 0.275. The Balaban J connectivity index is 2.44. The van der Waals surface area contributed by atoms with Gasteiger partial charge in [0.25, 0.3) is 0 Å². The largest absolute Gasteiger partial charge is 0.478 e. The highest BCUT2D eigenvalue weighted by Gasteiger charge is 2.19. The van der Waals surface area contributed by atoms with Gasteiger partial charge in [-0.2, -0.15) is 0 Å². The second-order valence-electron chi connectivity index (χ2n) is 4.92. The molecule has 0 saturated heterocycles. The van der Waals surface area contributed by atoms with Crippen LogP contribution in [0.3, 0.4) is 0 Å². The van der Waals surface area contributed by atoms with E-state index in [4.69, 9.17) is 0 Å². The third kappa shape index (κ3) is 3.37. The van der Waals surface area contributed by atoms with E-state index in [1.807, 2.05) is 36.9 Å². The highest BCUT2D eigenvalue weighted by Crippen LogP contribution is 2.25. The third-order valence-corrected chi connectivity index (χ3v) is 3.37. The maximum atomic E-state index is 11.6. The fraction of sp³-hybridized carbons (Fsp3) is 0.312. The number of carbonyl (C=O) groups is 1. The van der Waals surface area contributed by atoms with Crippen LogP contribution >= 0.6 is 0 Å². The van der Waals surface area contributed by atoms with Gasteiger partial charge in [-0.3, -0.25) is 9.97 Å². The van der Waals surface area contributed by atoms with E-state index in [1.165, 1.54) is 0 Å². The Bertz CT molecular complexity index is 641. The Morgan fingerprint density at radius 2 is 1.95 bits per heavy atom. The average molecular weight is 285 g/mol. The molecule has 0 aliphatic heterocycles. The summed E-state index contributed by atoms with van der Waals surface area (Å²) in [6, 6.07) is 5.70. The zero-order chi connectivity index (χ0) is 15.4. The van der Waals surface area contributed by atoms with Crippen molar-refractivity contribution in [3.05, 3.63) is 53.1 Å². The second kappa shape index (κ2) is 6.35. The standard InChI is InChI=1S/C16H19N3O2/c1-4-19(10-13-5-7-17-8-6-13)14-9-11(2)18-12(3)15(14)16(20)21/h5-9H,4,10H2,1-3H3,(H,20,21). The molecule has 5 heteroatoms. The van der Waals surface area contributed by atoms with Crippen molar-refractivity contribution < 1.29 is 9.90 Å². The number of nitrogens with zero attached hydrogens (tertiary/aromatic N) is 3. The minimum Gasteiger partial charge on any atom is -0.478 e. The monoisotopic (exact) mass is 285 g/mol. The van der Waals surface area contributed by atoms with Crippen LogP contribution in [0.2, 0.25) is 0 Å². The van der Waals surface area contributed by atoms with E-state index in [0.717, 1.165) is 11.3 Å². The number of aromatic carboxylic acids is 1. The molecule has 0 saturated carbocycles. The zero-order valence-electron chi connectivity index (χ0n) is 12.5. The van der Waals surface area contributed by atoms with Crippen LogP contribution in [0.15, 0.2) is 30.6 Å². The Morgan fingerprint density at radius 1 is 1.29 bits per heavy atom. The lowest BCUT2D eigenvalue weighted by atomic mass is 10.1. The van der Waals surface area contributed by atoms with Gasteiger partial charge in [0.1, 0.15) is 5.56 Å². The van der Waals surface area contributed by atoms with Crippen molar-refractivity contribution in [3.8, 4) is 0 Å². The van der Waals surface area contributed by atoms with Gasteiger partial charge >= 0.3 is 5.97 Å². The van der Waals surface area contributed by atoms with Crippen molar-refractivity contribution in [2.24, 2.45) is 0 Å². The summed E-state index contributed by atoms with van der Waals surface area (Å²) in [5, 5.41) is 9.47. The Kier molecular flexibility index (Phi) is 4.52. The summed E-state index contributed by atoms with van der Waals surface area (Å²) < 4.78 is 0. The molecule has 2 aromatic rings. The highest BCUT2D eigenvalue weighted by molar-refractivity contribution is 5.95. The van der Waals surface area contributed by atoms with E-state index < -0.39 is 5.97 Å². The number of anilines is 1. The van der Waals surface area contributed by atoms with Crippen LogP contribution in [0.4, 0.5) is 5.69 Å². The predicted octanol–water partition coefficient (Wildman–Crippen LogP) is 2.82. The summed E-state index contributed by atoms with van der Waals surface area (Å²) in [5.41, 5.74) is 3.45. The molecule has 21 heavy (non-hydrogen) atoms. The van der Waals surface area contributed by atoms with Crippen LogP contribution in [0.1, 0.15) is 34.2 Å². The van der Waals surface area contributed by atoms with Gasteiger partial charge in [0.2, 0.25) is 0 Å². The molecule has 110 valence electrons. The molecule has 2 aromatic heterocycles. The van der Waals surface area contributed by atoms with Crippen molar-refractivity contribution in [1.29, 1.82) is 0 Å². The smallest absolute Gasteiger partial charge is 0.339 e. The Labute approximate surface area is 124 Å². The quantitative estimate of drug-likeness (QED) is 0.915. The molecule has 0 unspecified atom stereocenters. The minimum atomic E-state index is -0.942. The summed E-state index contributed by atoms with van der Waals surface area (Å²) in [6.07, 6.45) is 3.48. The molecule has 0 fully saturated rings. The summed E-state index contributed by atoms with van der Waals surface area (Å²) >= 11 is 0. The molecular weight excluding hydrogens is 266 g/mol. The molecule has 1 N–H and O–H groups in total. The van der Waals surface area contributed by atoms with E-state index in [0.29, 0.717) is 24.5 Å². The van der Waals surface area contributed by atoms with Crippen LogP contribution in [0, 0.1) is 13.8 Å². The summed E-state index contributed by atoms with van der Waals surface area (Å²) in [4.78, 5) is 21.9. The van der Waals surface area contributed by atoms with E-state index in [-0.39, 0.29) is 5.56 Å². The van der Waals surface area contributed by atoms with Gasteiger partial charge in [-0.15, -0.1) is 0 Å². The first kappa shape index (κ1) is 15.0. The lowest BCUT2D eigenvalue weighted by molar-refractivity contribution is 0.0696. The molecule has 0 atom stereocenters. The number of aromatic nitrogens is 2. The van der Waals surface area contributed by atoms with Crippen molar-refractivity contribution >= 4 is 11.7 Å². The number of hydrogen-bond acceptors (Lipinski definition) is 4. The first-order valence-electron chi connectivity index (χ1n) is 6.88. The van der Waals surface area contributed by atoms with Gasteiger partial charge in [-0.1, -0.05) is 0 Å². The number of aryl methyl sites for hydroxylation is 2. The van der Waals surface area contributed by atoms with E-state index >= 15 is 0 Å². The van der Waals surface area contributed by atoms with Gasteiger partial charge in [0.15, 0.2) is 0 Å². The average Bonchev–Trinajstić information content (AvgIpc) is 2.44. The third-order valence-electron chi connectivity index (χ3n) is 3.37. The second-order valence-corrected chi connectivity index (χ2v) is 4.92. The molecule has 0 aliphatic rings. The highest BCUT2D eigenvalue weighted by atomic mass is 16.4. The van der Waals surface area contributed by atoms with Gasteiger partial charge in [0, 0.05) is 31.2 Å². The summed E-state index contributed by atoms with van der Waals surface area (Å²) in [7, 11) is 0. The SMILES string of the molecule is CCN(Cc1ccncc1)c1cc(C)nc(C)c1C(=O)O. The van der Waals surface area contributed by atoms with E-state index in [1.54, 1.807) is 19.3 Å². The van der Waals surface area contributed by atoms with Crippen LogP contribution in [0.5, 0.6) is 0 Å². The number of carboxylic acids is 1. The van der Waals surface area contributed by atoms with Crippen LogP contribution in [0.25, 0.3) is 0 Å². The first-order valence-corrected chi connectivity index (χ1v) is 6.88. The molecule has 0 aliphatic carbocycles. The van der Waals surface area contributed by atoms with Crippen molar-refractivity contribution in [2.45, 2.75) is 27.3 Å².